The first-order chi connectivity index (χ1) is 9.30. The van der Waals surface area contributed by atoms with Gasteiger partial charge in [0, 0.05) is 24.9 Å². The average Bonchev–Trinajstić information content (AvgIpc) is 2.73. The van der Waals surface area contributed by atoms with Crippen LogP contribution in [-0.2, 0) is 14.8 Å². The number of nitrogens with zero attached hydrogens (tertiary/aromatic N) is 1. The number of Topliss-reactive ketones (excluding diaryl/α,β-unsaturated/α-hetero) is 1. The minimum Gasteiger partial charge on any atom is -0.299 e. The highest BCUT2D eigenvalue weighted by Crippen LogP contribution is 2.64. The van der Waals surface area contributed by atoms with Gasteiger partial charge >= 0.3 is 0 Å². The Bertz CT molecular complexity index is 519. The van der Waals surface area contributed by atoms with Gasteiger partial charge in [-0.25, -0.2) is 12.7 Å². The third-order valence-corrected chi connectivity index (χ3v) is 8.29. The van der Waals surface area contributed by atoms with Crippen LogP contribution in [0.5, 0.6) is 0 Å². The zero-order valence-corrected chi connectivity index (χ0v) is 13.3. The van der Waals surface area contributed by atoms with E-state index in [1.54, 1.807) is 4.31 Å². The van der Waals surface area contributed by atoms with Gasteiger partial charge in [0.2, 0.25) is 10.0 Å². The molecule has 4 nitrogen and oxygen atoms in total. The van der Waals surface area contributed by atoms with Crippen LogP contribution in [0.15, 0.2) is 0 Å². The fourth-order valence-electron chi connectivity index (χ4n) is 4.65. The maximum Gasteiger partial charge on any atom is 0.215 e. The quantitative estimate of drug-likeness (QED) is 0.803. The van der Waals surface area contributed by atoms with E-state index in [0.717, 1.165) is 32.1 Å². The van der Waals surface area contributed by atoms with Gasteiger partial charge < -0.3 is 0 Å². The van der Waals surface area contributed by atoms with Gasteiger partial charge in [0.15, 0.2) is 0 Å². The van der Waals surface area contributed by atoms with Crippen molar-refractivity contribution < 1.29 is 13.2 Å². The van der Waals surface area contributed by atoms with Crippen LogP contribution in [0.25, 0.3) is 0 Å². The fourth-order valence-corrected chi connectivity index (χ4v) is 6.95. The van der Waals surface area contributed by atoms with Crippen LogP contribution in [0.4, 0.5) is 0 Å². The minimum atomic E-state index is -3.30. The molecule has 0 aromatic rings. The summed E-state index contributed by atoms with van der Waals surface area (Å²) in [5, 5.41) is 0. The number of hydrogen-bond acceptors (Lipinski definition) is 3. The molecule has 0 spiro atoms. The Kier molecular flexibility index (Phi) is 3.29. The lowest BCUT2D eigenvalue weighted by molar-refractivity contribution is -0.128. The van der Waals surface area contributed by atoms with Crippen molar-refractivity contribution in [2.75, 3.05) is 18.8 Å². The van der Waals surface area contributed by atoms with E-state index in [1.807, 2.05) is 0 Å². The van der Waals surface area contributed by atoms with E-state index >= 15 is 0 Å². The average molecular weight is 299 g/mol. The number of ketones is 1. The zero-order chi connectivity index (χ0) is 14.6. The number of fused-ring (bicyclic) bond motifs is 2. The van der Waals surface area contributed by atoms with Crippen LogP contribution in [0.1, 0.15) is 52.4 Å². The standard InChI is InChI=1S/C15H25NO3S/c1-14(2)12-6-7-15(14,13(17)10-12)11-20(18,19)16-8-4-3-5-9-16/h12H,3-11H2,1-2H3/t12-,15-/m1/s1. The second kappa shape index (κ2) is 4.54. The lowest BCUT2D eigenvalue weighted by atomic mass is 9.70. The second-order valence-corrected chi connectivity index (χ2v) is 9.35. The first-order valence-electron chi connectivity index (χ1n) is 7.81. The molecular formula is C15H25NO3S. The molecule has 0 radical (unpaired) electrons. The van der Waals surface area contributed by atoms with E-state index in [1.165, 1.54) is 0 Å². The van der Waals surface area contributed by atoms with Crippen LogP contribution >= 0.6 is 0 Å². The Morgan fingerprint density at radius 1 is 1.20 bits per heavy atom. The van der Waals surface area contributed by atoms with Gasteiger partial charge in [-0.05, 0) is 37.0 Å². The largest absolute Gasteiger partial charge is 0.299 e. The minimum absolute atomic E-state index is 0.0440. The van der Waals surface area contributed by atoms with E-state index in [2.05, 4.69) is 13.8 Å². The highest BCUT2D eigenvalue weighted by atomic mass is 32.2. The molecular weight excluding hydrogens is 274 g/mol. The highest BCUT2D eigenvalue weighted by Gasteiger charge is 2.65. The summed E-state index contributed by atoms with van der Waals surface area (Å²) < 4.78 is 27.1. The van der Waals surface area contributed by atoms with Crippen molar-refractivity contribution in [3.05, 3.63) is 0 Å². The summed E-state index contributed by atoms with van der Waals surface area (Å²) in [6, 6.07) is 0. The molecule has 0 N–H and O–H groups in total. The van der Waals surface area contributed by atoms with Crippen molar-refractivity contribution in [3.8, 4) is 0 Å². The van der Waals surface area contributed by atoms with Crippen LogP contribution < -0.4 is 0 Å². The molecule has 2 atom stereocenters. The smallest absolute Gasteiger partial charge is 0.215 e. The monoisotopic (exact) mass is 299 g/mol. The van der Waals surface area contributed by atoms with Gasteiger partial charge in [-0.1, -0.05) is 20.3 Å². The third kappa shape index (κ3) is 1.89. The lowest BCUT2D eigenvalue weighted by Crippen LogP contribution is -2.47. The number of sulfonamides is 1. The topological polar surface area (TPSA) is 54.5 Å². The molecule has 1 aliphatic heterocycles. The van der Waals surface area contributed by atoms with Gasteiger partial charge in [-0.3, -0.25) is 4.79 Å². The molecule has 1 heterocycles. The predicted octanol–water partition coefficient (Wildman–Crippen LogP) is 2.20. The maximum atomic E-state index is 12.7. The highest BCUT2D eigenvalue weighted by molar-refractivity contribution is 7.89. The van der Waals surface area contributed by atoms with Crippen molar-refractivity contribution in [1.82, 2.24) is 4.31 Å². The predicted molar refractivity (Wildman–Crippen MR) is 77.8 cm³/mol. The Morgan fingerprint density at radius 3 is 2.35 bits per heavy atom. The molecule has 3 aliphatic rings. The fraction of sp³-hybridized carbons (Fsp3) is 0.933. The second-order valence-electron chi connectivity index (χ2n) is 7.38. The molecule has 3 rings (SSSR count). The SMILES string of the molecule is CC1(C)[C@@H]2CC[C@@]1(CS(=O)(=O)N1CCCCC1)C(=O)C2. The summed E-state index contributed by atoms with van der Waals surface area (Å²) >= 11 is 0. The van der Waals surface area contributed by atoms with Crippen LogP contribution in [0.2, 0.25) is 0 Å². The third-order valence-electron chi connectivity index (χ3n) is 6.28. The molecule has 5 heteroatoms. The molecule has 1 saturated heterocycles. The number of rotatable bonds is 3. The van der Waals surface area contributed by atoms with Gasteiger partial charge in [0.05, 0.1) is 5.75 Å². The molecule has 0 unspecified atom stereocenters. The summed E-state index contributed by atoms with van der Waals surface area (Å²) in [6.45, 7) is 5.47. The van der Waals surface area contributed by atoms with Crippen molar-refractivity contribution in [1.29, 1.82) is 0 Å². The molecule has 0 aromatic heterocycles. The maximum absolute atomic E-state index is 12.7. The van der Waals surface area contributed by atoms with E-state index in [0.29, 0.717) is 25.4 Å². The van der Waals surface area contributed by atoms with Crippen LogP contribution in [-0.4, -0.2) is 37.3 Å². The van der Waals surface area contributed by atoms with Gasteiger partial charge in [0.25, 0.3) is 0 Å². The first kappa shape index (κ1) is 14.5. The summed E-state index contributed by atoms with van der Waals surface area (Å²) in [4.78, 5) is 12.5. The molecule has 2 saturated carbocycles. The molecule has 0 aromatic carbocycles. The Hall–Kier alpha value is -0.420. The zero-order valence-electron chi connectivity index (χ0n) is 12.5. The van der Waals surface area contributed by atoms with Gasteiger partial charge in [-0.15, -0.1) is 0 Å². The Morgan fingerprint density at radius 2 is 1.85 bits per heavy atom. The van der Waals surface area contributed by atoms with Crippen molar-refractivity contribution in [2.45, 2.75) is 52.4 Å². The summed E-state index contributed by atoms with van der Waals surface area (Å²) in [7, 11) is -3.30. The van der Waals surface area contributed by atoms with E-state index < -0.39 is 15.4 Å². The van der Waals surface area contributed by atoms with E-state index in [-0.39, 0.29) is 17.0 Å². The van der Waals surface area contributed by atoms with Crippen molar-refractivity contribution in [3.63, 3.8) is 0 Å². The molecule has 20 heavy (non-hydrogen) atoms. The molecule has 0 amide bonds. The molecule has 2 bridgehead atoms. The number of piperidine rings is 1. The molecule has 2 aliphatic carbocycles. The first-order valence-corrected chi connectivity index (χ1v) is 9.42. The molecule has 114 valence electrons. The van der Waals surface area contributed by atoms with Crippen LogP contribution in [0.3, 0.4) is 0 Å². The Balaban J connectivity index is 1.88. The summed E-state index contributed by atoms with van der Waals surface area (Å²) in [5.41, 5.74) is -0.777. The van der Waals surface area contributed by atoms with Crippen molar-refractivity contribution in [2.24, 2.45) is 16.7 Å². The van der Waals surface area contributed by atoms with E-state index in [9.17, 15) is 13.2 Å². The number of hydrogen-bond donors (Lipinski definition) is 0. The summed E-state index contributed by atoms with van der Waals surface area (Å²) in [6.07, 6.45) is 5.37. The van der Waals surface area contributed by atoms with E-state index in [4.69, 9.17) is 0 Å². The summed E-state index contributed by atoms with van der Waals surface area (Å²) in [5.74, 6) is 0.619. The van der Waals surface area contributed by atoms with Gasteiger partial charge in [-0.2, -0.15) is 0 Å². The Labute approximate surface area is 122 Å². The lowest BCUT2D eigenvalue weighted by Gasteiger charge is -2.38. The normalized spacial score (nSPS) is 37.5. The number of carbonyl (C=O) groups excluding carboxylic acids is 1. The van der Waals surface area contributed by atoms with Crippen LogP contribution in [0, 0.1) is 16.7 Å². The molecule has 3 fully saturated rings. The number of carbonyl (C=O) groups is 1. The van der Waals surface area contributed by atoms with Crippen molar-refractivity contribution >= 4 is 15.8 Å². The van der Waals surface area contributed by atoms with Gasteiger partial charge in [0.1, 0.15) is 5.78 Å².